The predicted octanol–water partition coefficient (Wildman–Crippen LogP) is 2.16. The zero-order valence-corrected chi connectivity index (χ0v) is 18.1. The van der Waals surface area contributed by atoms with Crippen molar-refractivity contribution in [1.29, 1.82) is 0 Å². The summed E-state index contributed by atoms with van der Waals surface area (Å²) in [5, 5.41) is 3.49. The van der Waals surface area contributed by atoms with E-state index in [-0.39, 0.29) is 19.0 Å². The van der Waals surface area contributed by atoms with Crippen LogP contribution < -0.4 is 5.69 Å². The second-order valence-electron chi connectivity index (χ2n) is 9.00. The third kappa shape index (κ3) is 4.87. The van der Waals surface area contributed by atoms with Gasteiger partial charge in [-0.05, 0) is 46.5 Å². The Bertz CT molecular complexity index is 894. The number of ether oxygens (including phenoxy) is 1. The number of alkyl halides is 3. The Morgan fingerprint density at radius 3 is 2.19 bits per heavy atom. The SMILES string of the molecule is Cn1c(C(F)(F)F)nn(C2CCN(C(=O)C3CCCN3C(=O)OC(C)(C)C)CC2)c1=O. The van der Waals surface area contributed by atoms with Crippen LogP contribution in [0.5, 0.6) is 0 Å². The Morgan fingerprint density at radius 1 is 1.06 bits per heavy atom. The van der Waals surface area contributed by atoms with E-state index in [1.165, 1.54) is 4.90 Å². The number of nitrogens with zero attached hydrogens (tertiary/aromatic N) is 5. The van der Waals surface area contributed by atoms with Crippen LogP contribution in [0.2, 0.25) is 0 Å². The number of hydrogen-bond acceptors (Lipinski definition) is 5. The zero-order chi connectivity index (χ0) is 23.1. The fraction of sp³-hybridized carbons (Fsp3) is 0.789. The van der Waals surface area contributed by atoms with Crippen molar-refractivity contribution in [2.75, 3.05) is 19.6 Å². The molecule has 0 aliphatic carbocycles. The first kappa shape index (κ1) is 23.1. The summed E-state index contributed by atoms with van der Waals surface area (Å²) in [5.74, 6) is -1.44. The Hall–Kier alpha value is -2.53. The molecule has 0 radical (unpaired) electrons. The van der Waals surface area contributed by atoms with Crippen molar-refractivity contribution < 1.29 is 27.5 Å². The molecule has 0 bridgehead atoms. The summed E-state index contributed by atoms with van der Waals surface area (Å²) in [6.45, 7) is 6.25. The number of amides is 2. The Kier molecular flexibility index (Phi) is 6.12. The first-order valence-corrected chi connectivity index (χ1v) is 10.3. The maximum absolute atomic E-state index is 13.0. The maximum atomic E-state index is 13.0. The van der Waals surface area contributed by atoms with Gasteiger partial charge in [0, 0.05) is 26.7 Å². The molecule has 0 saturated carbocycles. The molecule has 2 fully saturated rings. The lowest BCUT2D eigenvalue weighted by Gasteiger charge is -2.35. The van der Waals surface area contributed by atoms with Gasteiger partial charge in [-0.1, -0.05) is 0 Å². The lowest BCUT2D eigenvalue weighted by molar-refractivity contribution is -0.147. The van der Waals surface area contributed by atoms with Crippen molar-refractivity contribution in [2.45, 2.75) is 70.3 Å². The number of piperidine rings is 1. The number of halogens is 3. The van der Waals surface area contributed by atoms with Crippen LogP contribution in [-0.2, 0) is 22.8 Å². The Labute approximate surface area is 177 Å². The molecule has 174 valence electrons. The van der Waals surface area contributed by atoms with E-state index in [4.69, 9.17) is 4.74 Å². The number of carbonyl (C=O) groups excluding carboxylic acids is 2. The molecule has 1 aromatic heterocycles. The Balaban J connectivity index is 1.65. The predicted molar refractivity (Wildman–Crippen MR) is 103 cm³/mol. The molecule has 3 rings (SSSR count). The molecule has 2 amide bonds. The summed E-state index contributed by atoms with van der Waals surface area (Å²) in [4.78, 5) is 40.7. The lowest BCUT2D eigenvalue weighted by atomic mass is 10.0. The first-order chi connectivity index (χ1) is 14.3. The largest absolute Gasteiger partial charge is 0.451 e. The Morgan fingerprint density at radius 2 is 1.68 bits per heavy atom. The standard InChI is InChI=1S/C19H28F3N5O4/c1-18(2,3)31-17(30)26-9-5-6-13(26)14(28)25-10-7-12(8-11-25)27-16(29)24(4)15(23-27)19(20,21)22/h12-13H,5-11H2,1-4H3. The minimum absolute atomic E-state index is 0.203. The van der Waals surface area contributed by atoms with Crippen LogP contribution in [0.15, 0.2) is 4.79 Å². The van der Waals surface area contributed by atoms with Crippen molar-refractivity contribution >= 4 is 12.0 Å². The molecule has 0 aromatic carbocycles. The average molecular weight is 447 g/mol. The minimum Gasteiger partial charge on any atom is -0.444 e. The normalized spacial score (nSPS) is 20.9. The van der Waals surface area contributed by atoms with E-state index in [9.17, 15) is 27.6 Å². The van der Waals surface area contributed by atoms with Gasteiger partial charge < -0.3 is 9.64 Å². The fourth-order valence-corrected chi connectivity index (χ4v) is 4.04. The molecule has 2 aliphatic heterocycles. The van der Waals surface area contributed by atoms with Gasteiger partial charge in [0.1, 0.15) is 11.6 Å². The highest BCUT2D eigenvalue weighted by atomic mass is 19.4. The third-order valence-electron chi connectivity index (χ3n) is 5.54. The molecule has 2 aliphatic rings. The van der Waals surface area contributed by atoms with Gasteiger partial charge in [-0.15, -0.1) is 5.10 Å². The van der Waals surface area contributed by atoms with Crippen LogP contribution in [0.1, 0.15) is 58.3 Å². The highest BCUT2D eigenvalue weighted by Gasteiger charge is 2.41. The van der Waals surface area contributed by atoms with E-state index in [0.717, 1.165) is 11.7 Å². The molecule has 31 heavy (non-hydrogen) atoms. The summed E-state index contributed by atoms with van der Waals surface area (Å²) < 4.78 is 45.8. The fourth-order valence-electron chi connectivity index (χ4n) is 4.04. The van der Waals surface area contributed by atoms with Crippen LogP contribution in [0.25, 0.3) is 0 Å². The highest BCUT2D eigenvalue weighted by molar-refractivity contribution is 5.86. The first-order valence-electron chi connectivity index (χ1n) is 10.3. The van der Waals surface area contributed by atoms with E-state index in [0.29, 0.717) is 36.8 Å². The van der Waals surface area contributed by atoms with Crippen LogP contribution >= 0.6 is 0 Å². The van der Waals surface area contributed by atoms with Gasteiger partial charge in [-0.25, -0.2) is 14.3 Å². The molecule has 1 atom stereocenters. The van der Waals surface area contributed by atoms with Crippen LogP contribution in [0.4, 0.5) is 18.0 Å². The summed E-state index contributed by atoms with van der Waals surface area (Å²) in [6, 6.07) is -1.13. The lowest BCUT2D eigenvalue weighted by Crippen LogP contribution is -2.51. The highest BCUT2D eigenvalue weighted by Crippen LogP contribution is 2.29. The summed E-state index contributed by atoms with van der Waals surface area (Å²) in [6.07, 6.45) is -3.41. The topological polar surface area (TPSA) is 89.7 Å². The number of likely N-dealkylation sites (tertiary alicyclic amines) is 2. The molecule has 1 unspecified atom stereocenters. The van der Waals surface area contributed by atoms with Crippen molar-refractivity contribution in [1.82, 2.24) is 24.1 Å². The number of carbonyl (C=O) groups is 2. The van der Waals surface area contributed by atoms with Crippen molar-refractivity contribution in [2.24, 2.45) is 7.05 Å². The smallest absolute Gasteiger partial charge is 0.444 e. The number of aromatic nitrogens is 3. The molecule has 12 heteroatoms. The van der Waals surface area contributed by atoms with Gasteiger partial charge in [0.25, 0.3) is 0 Å². The van der Waals surface area contributed by atoms with Crippen molar-refractivity contribution in [3.05, 3.63) is 16.3 Å². The van der Waals surface area contributed by atoms with E-state index in [2.05, 4.69) is 5.10 Å². The van der Waals surface area contributed by atoms with Gasteiger partial charge >= 0.3 is 18.0 Å². The van der Waals surface area contributed by atoms with Crippen LogP contribution in [-0.4, -0.2) is 67.4 Å². The van der Waals surface area contributed by atoms with Crippen molar-refractivity contribution in [3.63, 3.8) is 0 Å². The number of rotatable bonds is 2. The molecule has 9 nitrogen and oxygen atoms in total. The van der Waals surface area contributed by atoms with E-state index in [1.54, 1.807) is 25.7 Å². The molecule has 0 N–H and O–H groups in total. The van der Waals surface area contributed by atoms with Gasteiger partial charge in [0.05, 0.1) is 6.04 Å². The molecule has 0 spiro atoms. The van der Waals surface area contributed by atoms with Crippen molar-refractivity contribution in [3.8, 4) is 0 Å². The average Bonchev–Trinajstić information content (AvgIpc) is 3.25. The maximum Gasteiger partial charge on any atom is 0.451 e. The van der Waals surface area contributed by atoms with E-state index >= 15 is 0 Å². The van der Waals surface area contributed by atoms with Crippen LogP contribution in [0, 0.1) is 0 Å². The minimum atomic E-state index is -4.72. The molecular weight excluding hydrogens is 419 g/mol. The zero-order valence-electron chi connectivity index (χ0n) is 18.1. The molecule has 2 saturated heterocycles. The van der Waals surface area contributed by atoms with Gasteiger partial charge in [0.15, 0.2) is 0 Å². The monoisotopic (exact) mass is 447 g/mol. The van der Waals surface area contributed by atoms with Crippen LogP contribution in [0.3, 0.4) is 0 Å². The molecule has 3 heterocycles. The second-order valence-corrected chi connectivity index (χ2v) is 9.00. The second kappa shape index (κ2) is 8.19. The molecular formula is C19H28F3N5O4. The number of hydrogen-bond donors (Lipinski definition) is 0. The van der Waals surface area contributed by atoms with Gasteiger partial charge in [-0.3, -0.25) is 14.3 Å². The third-order valence-corrected chi connectivity index (χ3v) is 5.54. The van der Waals surface area contributed by atoms with Gasteiger partial charge in [-0.2, -0.15) is 13.2 Å². The quantitative estimate of drug-likeness (QED) is 0.693. The molecule has 1 aromatic rings. The van der Waals surface area contributed by atoms with E-state index in [1.807, 2.05) is 0 Å². The van der Waals surface area contributed by atoms with E-state index < -0.39 is 41.5 Å². The summed E-state index contributed by atoms with van der Waals surface area (Å²) in [7, 11) is 1.04. The summed E-state index contributed by atoms with van der Waals surface area (Å²) >= 11 is 0. The summed E-state index contributed by atoms with van der Waals surface area (Å²) in [5.41, 5.74) is -1.50. The van der Waals surface area contributed by atoms with Gasteiger partial charge in [0.2, 0.25) is 11.7 Å².